The highest BCUT2D eigenvalue weighted by Crippen LogP contribution is 2.55. The first-order chi connectivity index (χ1) is 15.4. The summed E-state index contributed by atoms with van der Waals surface area (Å²) in [6.45, 7) is 6.66. The van der Waals surface area contributed by atoms with Crippen molar-refractivity contribution in [3.63, 3.8) is 0 Å². The molecule has 0 fully saturated rings. The highest BCUT2D eigenvalue weighted by molar-refractivity contribution is 6.01. The maximum absolute atomic E-state index is 6.90. The molecule has 1 spiro atoms. The van der Waals surface area contributed by atoms with Crippen molar-refractivity contribution in [1.29, 1.82) is 0 Å². The van der Waals surface area contributed by atoms with Crippen molar-refractivity contribution in [2.75, 3.05) is 11.9 Å². The molecule has 1 unspecified atom stereocenters. The molecule has 3 heteroatoms. The second kappa shape index (κ2) is 6.46. The Balaban J connectivity index is 1.51. The second-order valence-electron chi connectivity index (χ2n) is 9.42. The van der Waals surface area contributed by atoms with E-state index in [1.54, 1.807) is 0 Å². The van der Waals surface area contributed by atoms with Crippen molar-refractivity contribution in [3.05, 3.63) is 90.0 Å². The Labute approximate surface area is 189 Å². The van der Waals surface area contributed by atoms with Gasteiger partial charge in [-0.2, -0.15) is 0 Å². The van der Waals surface area contributed by atoms with Crippen LogP contribution in [0, 0.1) is 6.92 Å². The van der Waals surface area contributed by atoms with E-state index in [-0.39, 0.29) is 5.41 Å². The molecule has 2 heterocycles. The first-order valence-corrected chi connectivity index (χ1v) is 11.1. The molecule has 0 radical (unpaired) electrons. The molecule has 32 heavy (non-hydrogen) atoms. The summed E-state index contributed by atoms with van der Waals surface area (Å²) in [7, 11) is 2.11. The number of aryl methyl sites for hydroxylation is 1. The molecule has 0 bridgehead atoms. The largest absolute Gasteiger partial charge is 0.459 e. The minimum atomic E-state index is -0.688. The molecule has 2 aliphatic heterocycles. The van der Waals surface area contributed by atoms with Crippen LogP contribution in [-0.2, 0) is 5.41 Å². The van der Waals surface area contributed by atoms with Crippen LogP contribution in [0.5, 0.6) is 5.75 Å². The van der Waals surface area contributed by atoms with Crippen molar-refractivity contribution in [3.8, 4) is 16.9 Å². The van der Waals surface area contributed by atoms with Gasteiger partial charge < -0.3 is 9.64 Å². The van der Waals surface area contributed by atoms with Gasteiger partial charge in [0.1, 0.15) is 11.4 Å². The lowest BCUT2D eigenvalue weighted by molar-refractivity contribution is 0.0826. The van der Waals surface area contributed by atoms with E-state index in [9.17, 15) is 0 Å². The topological polar surface area (TPSA) is 24.8 Å². The second-order valence-corrected chi connectivity index (χ2v) is 9.42. The molecular formula is C29H26N2O. The molecule has 4 aromatic carbocycles. The fourth-order valence-electron chi connectivity index (χ4n) is 5.44. The third-order valence-corrected chi connectivity index (χ3v) is 7.35. The summed E-state index contributed by atoms with van der Waals surface area (Å²) in [4.78, 5) is 7.26. The number of hydrogen-bond donors (Lipinski definition) is 0. The predicted molar refractivity (Wildman–Crippen MR) is 134 cm³/mol. The molecule has 0 aliphatic carbocycles. The van der Waals surface area contributed by atoms with Crippen LogP contribution in [0.4, 0.5) is 11.4 Å². The maximum atomic E-state index is 6.90. The van der Waals surface area contributed by atoms with Crippen LogP contribution in [0.25, 0.3) is 21.9 Å². The van der Waals surface area contributed by atoms with E-state index in [0.29, 0.717) is 0 Å². The average Bonchev–Trinajstić information content (AvgIpc) is 2.97. The van der Waals surface area contributed by atoms with Gasteiger partial charge in [-0.3, -0.25) is 4.99 Å². The molecule has 1 atom stereocenters. The van der Waals surface area contributed by atoms with Crippen molar-refractivity contribution in [2.45, 2.75) is 31.9 Å². The lowest BCUT2D eigenvalue weighted by Crippen LogP contribution is -2.61. The van der Waals surface area contributed by atoms with Gasteiger partial charge in [0.05, 0.1) is 11.6 Å². The Morgan fingerprint density at radius 3 is 2.31 bits per heavy atom. The van der Waals surface area contributed by atoms with Gasteiger partial charge in [-0.15, -0.1) is 0 Å². The van der Waals surface area contributed by atoms with Gasteiger partial charge in [0.15, 0.2) is 0 Å². The Bertz CT molecular complexity index is 1400. The van der Waals surface area contributed by atoms with E-state index in [0.717, 1.165) is 16.8 Å². The van der Waals surface area contributed by atoms with Crippen LogP contribution in [0.1, 0.15) is 25.0 Å². The monoisotopic (exact) mass is 418 g/mol. The third kappa shape index (κ3) is 2.39. The number of benzene rings is 4. The summed E-state index contributed by atoms with van der Waals surface area (Å²) in [5, 5.41) is 2.36. The highest BCUT2D eigenvalue weighted by Gasteiger charge is 2.58. The average molecular weight is 419 g/mol. The molecule has 0 N–H and O–H groups in total. The van der Waals surface area contributed by atoms with E-state index in [4.69, 9.17) is 9.73 Å². The van der Waals surface area contributed by atoms with E-state index in [1.807, 2.05) is 6.21 Å². The molecule has 0 aromatic heterocycles. The Kier molecular flexibility index (Phi) is 3.86. The summed E-state index contributed by atoms with van der Waals surface area (Å²) < 4.78 is 6.90. The maximum Gasteiger partial charge on any atom is 0.228 e. The number of hydrogen-bond acceptors (Lipinski definition) is 3. The normalized spacial score (nSPS) is 20.3. The van der Waals surface area contributed by atoms with Crippen molar-refractivity contribution < 1.29 is 4.74 Å². The smallest absolute Gasteiger partial charge is 0.228 e. The van der Waals surface area contributed by atoms with Crippen LogP contribution in [-0.4, -0.2) is 19.0 Å². The summed E-state index contributed by atoms with van der Waals surface area (Å²) in [6, 6.07) is 27.8. The highest BCUT2D eigenvalue weighted by atomic mass is 16.5. The first-order valence-electron chi connectivity index (χ1n) is 11.1. The molecule has 158 valence electrons. The summed E-state index contributed by atoms with van der Waals surface area (Å²) in [6.07, 6.45) is 2.01. The zero-order valence-electron chi connectivity index (χ0n) is 18.9. The fourth-order valence-corrected chi connectivity index (χ4v) is 5.44. The third-order valence-electron chi connectivity index (χ3n) is 7.35. The van der Waals surface area contributed by atoms with Crippen LogP contribution in [0.15, 0.2) is 83.9 Å². The van der Waals surface area contributed by atoms with Crippen molar-refractivity contribution >= 4 is 28.4 Å². The van der Waals surface area contributed by atoms with Gasteiger partial charge in [0.25, 0.3) is 0 Å². The summed E-state index contributed by atoms with van der Waals surface area (Å²) in [5.74, 6) is 0.847. The molecule has 0 saturated heterocycles. The van der Waals surface area contributed by atoms with E-state index < -0.39 is 5.72 Å². The van der Waals surface area contributed by atoms with Crippen molar-refractivity contribution in [1.82, 2.24) is 0 Å². The summed E-state index contributed by atoms with van der Waals surface area (Å²) >= 11 is 0. The van der Waals surface area contributed by atoms with Gasteiger partial charge in [-0.25, -0.2) is 0 Å². The zero-order chi connectivity index (χ0) is 22.1. The first kappa shape index (κ1) is 19.1. The molecule has 6 rings (SSSR count). The lowest BCUT2D eigenvalue weighted by atomic mass is 9.77. The Hall–Kier alpha value is -3.59. The lowest BCUT2D eigenvalue weighted by Gasteiger charge is -2.45. The SMILES string of the molecule is Cc1cc2c(c3ccccc13)N=CC1(O2)N(C)c2ccc(-c3ccccc3)cc2C1(C)C. The number of nitrogens with zero attached hydrogens (tertiary/aromatic N) is 2. The number of likely N-dealkylation sites (N-methyl/N-ethyl adjacent to an activating group) is 1. The fraction of sp³-hybridized carbons (Fsp3) is 0.207. The van der Waals surface area contributed by atoms with E-state index >= 15 is 0 Å². The van der Waals surface area contributed by atoms with Crippen LogP contribution >= 0.6 is 0 Å². The molecule has 4 aromatic rings. The molecule has 0 saturated carbocycles. The quantitative estimate of drug-likeness (QED) is 0.331. The van der Waals surface area contributed by atoms with Gasteiger partial charge >= 0.3 is 0 Å². The van der Waals surface area contributed by atoms with E-state index in [1.165, 1.54) is 33.3 Å². The van der Waals surface area contributed by atoms with Crippen molar-refractivity contribution in [2.24, 2.45) is 4.99 Å². The number of ether oxygens (including phenoxy) is 1. The van der Waals surface area contributed by atoms with Crippen LogP contribution in [0.2, 0.25) is 0 Å². The van der Waals surface area contributed by atoms with Gasteiger partial charge in [0.2, 0.25) is 5.72 Å². The number of fused-ring (bicyclic) bond motifs is 4. The minimum Gasteiger partial charge on any atom is -0.459 e. The minimum absolute atomic E-state index is 0.303. The number of anilines is 1. The summed E-state index contributed by atoms with van der Waals surface area (Å²) in [5.41, 5.74) is 6.03. The predicted octanol–water partition coefficient (Wildman–Crippen LogP) is 7.03. The number of aliphatic imine (C=N–C) groups is 1. The standard InChI is InChI=1S/C29H26N2O/c1-19-16-26-27(23-13-9-8-12-22(19)23)30-18-29(32-26)28(2,3)24-17-21(14-15-25(24)31(29)4)20-10-6-5-7-11-20/h5-18H,1-4H3. The zero-order valence-corrected chi connectivity index (χ0v) is 18.9. The van der Waals surface area contributed by atoms with Gasteiger partial charge in [-0.1, -0.05) is 60.7 Å². The van der Waals surface area contributed by atoms with Gasteiger partial charge in [-0.05, 0) is 66.6 Å². The van der Waals surface area contributed by atoms with Crippen LogP contribution in [0.3, 0.4) is 0 Å². The Morgan fingerprint density at radius 2 is 1.53 bits per heavy atom. The Morgan fingerprint density at radius 1 is 0.812 bits per heavy atom. The van der Waals surface area contributed by atoms with Gasteiger partial charge in [0, 0.05) is 18.1 Å². The van der Waals surface area contributed by atoms with E-state index in [2.05, 4.69) is 112 Å². The molecular weight excluding hydrogens is 392 g/mol. The molecule has 2 aliphatic rings. The molecule has 3 nitrogen and oxygen atoms in total. The number of rotatable bonds is 1. The van der Waals surface area contributed by atoms with Crippen LogP contribution < -0.4 is 9.64 Å². The molecule has 0 amide bonds.